The molecule has 2 aliphatic rings. The van der Waals surface area contributed by atoms with Crippen LogP contribution in [0.4, 0.5) is 0 Å². The molecule has 21 heavy (non-hydrogen) atoms. The number of nitrogens with one attached hydrogen (secondary N) is 2. The predicted octanol–water partition coefficient (Wildman–Crippen LogP) is 2.67. The maximum atomic E-state index is 12.4. The van der Waals surface area contributed by atoms with Crippen LogP contribution in [0.1, 0.15) is 38.2 Å². The van der Waals surface area contributed by atoms with Crippen LogP contribution in [-0.4, -0.2) is 20.5 Å². The molecule has 0 aromatic heterocycles. The predicted molar refractivity (Wildman–Crippen MR) is 83.8 cm³/mol. The first-order valence-corrected chi connectivity index (χ1v) is 9.34. The summed E-state index contributed by atoms with van der Waals surface area (Å²) in [6, 6.07) is 5.57. The van der Waals surface area contributed by atoms with E-state index in [1.165, 1.54) is 12.8 Å². The van der Waals surface area contributed by atoms with E-state index < -0.39 is 10.0 Å². The van der Waals surface area contributed by atoms with Crippen LogP contribution in [-0.2, 0) is 16.6 Å². The minimum Gasteiger partial charge on any atom is -0.310 e. The fourth-order valence-corrected chi connectivity index (χ4v) is 4.18. The summed E-state index contributed by atoms with van der Waals surface area (Å²) in [4.78, 5) is 0.305. The van der Waals surface area contributed by atoms with Crippen molar-refractivity contribution < 1.29 is 8.42 Å². The Balaban J connectivity index is 1.72. The number of hydrogen-bond donors (Lipinski definition) is 2. The summed E-state index contributed by atoms with van der Waals surface area (Å²) in [6.07, 6.45) is 4.22. The maximum absolute atomic E-state index is 12.4. The van der Waals surface area contributed by atoms with Crippen LogP contribution < -0.4 is 10.0 Å². The summed E-state index contributed by atoms with van der Waals surface area (Å²) in [5.41, 5.74) is 0.841. The first kappa shape index (κ1) is 15.3. The molecule has 0 heterocycles. The zero-order valence-electron chi connectivity index (χ0n) is 12.1. The minimum absolute atomic E-state index is 0.0775. The van der Waals surface area contributed by atoms with Crippen molar-refractivity contribution in [1.29, 1.82) is 0 Å². The van der Waals surface area contributed by atoms with Crippen molar-refractivity contribution in [3.63, 3.8) is 0 Å². The van der Waals surface area contributed by atoms with E-state index in [2.05, 4.69) is 17.0 Å². The number of rotatable bonds is 6. The minimum atomic E-state index is -3.44. The molecular weight excluding hydrogens is 308 g/mol. The van der Waals surface area contributed by atoms with Gasteiger partial charge in [0.1, 0.15) is 0 Å². The summed E-state index contributed by atoms with van der Waals surface area (Å²) in [5, 5.41) is 3.97. The van der Waals surface area contributed by atoms with E-state index in [1.54, 1.807) is 18.2 Å². The van der Waals surface area contributed by atoms with Crippen LogP contribution in [0.5, 0.6) is 0 Å². The molecule has 2 fully saturated rings. The molecule has 0 atom stereocenters. The Morgan fingerprint density at radius 2 is 1.95 bits per heavy atom. The summed E-state index contributed by atoms with van der Waals surface area (Å²) < 4.78 is 27.5. The van der Waals surface area contributed by atoms with Crippen LogP contribution >= 0.6 is 11.6 Å². The highest BCUT2D eigenvalue weighted by Crippen LogP contribution is 2.29. The lowest BCUT2D eigenvalue weighted by molar-refractivity contribution is 0.270. The Kier molecular flexibility index (Phi) is 4.28. The van der Waals surface area contributed by atoms with Gasteiger partial charge in [0.05, 0.1) is 4.90 Å². The van der Waals surface area contributed by atoms with Crippen molar-refractivity contribution in [2.24, 2.45) is 5.92 Å². The van der Waals surface area contributed by atoms with Gasteiger partial charge in [0.25, 0.3) is 0 Å². The molecule has 0 aliphatic heterocycles. The highest BCUT2D eigenvalue weighted by molar-refractivity contribution is 7.89. The van der Waals surface area contributed by atoms with Crippen molar-refractivity contribution in [3.8, 4) is 0 Å². The van der Waals surface area contributed by atoms with Crippen molar-refractivity contribution in [3.05, 3.63) is 28.8 Å². The van der Waals surface area contributed by atoms with Gasteiger partial charge in [0.2, 0.25) is 10.0 Å². The van der Waals surface area contributed by atoms with E-state index in [4.69, 9.17) is 11.6 Å². The van der Waals surface area contributed by atoms with Crippen LogP contribution in [0.25, 0.3) is 0 Å². The Labute approximate surface area is 131 Å². The van der Waals surface area contributed by atoms with Crippen molar-refractivity contribution in [1.82, 2.24) is 10.0 Å². The van der Waals surface area contributed by atoms with E-state index in [0.717, 1.165) is 18.4 Å². The molecule has 0 radical (unpaired) electrons. The third-order valence-electron chi connectivity index (χ3n) is 4.18. The van der Waals surface area contributed by atoms with Gasteiger partial charge in [-0.05, 0) is 55.4 Å². The van der Waals surface area contributed by atoms with Gasteiger partial charge in [0, 0.05) is 23.7 Å². The highest BCUT2D eigenvalue weighted by atomic mass is 35.5. The third-order valence-corrected chi connectivity index (χ3v) is 6.07. The molecule has 2 saturated carbocycles. The van der Waals surface area contributed by atoms with Gasteiger partial charge in [-0.15, -0.1) is 0 Å². The van der Waals surface area contributed by atoms with E-state index in [9.17, 15) is 8.42 Å². The topological polar surface area (TPSA) is 58.2 Å². The van der Waals surface area contributed by atoms with Gasteiger partial charge >= 0.3 is 0 Å². The molecule has 4 nitrogen and oxygen atoms in total. The van der Waals surface area contributed by atoms with Crippen LogP contribution in [0.2, 0.25) is 5.02 Å². The largest absolute Gasteiger partial charge is 0.310 e. The second-order valence-electron chi connectivity index (χ2n) is 6.30. The van der Waals surface area contributed by atoms with Gasteiger partial charge in [0.15, 0.2) is 0 Å². The van der Waals surface area contributed by atoms with Gasteiger partial charge in [-0.2, -0.15) is 0 Å². The number of hydrogen-bond acceptors (Lipinski definition) is 3. The average molecular weight is 329 g/mol. The van der Waals surface area contributed by atoms with Crippen molar-refractivity contribution in [2.75, 3.05) is 0 Å². The number of halogens is 1. The standard InChI is InChI=1S/C15H21ClN2O2S/c1-10-6-13(7-10)18-21(19,20)14-4-5-15(16)11(8-14)9-17-12-2-3-12/h4-5,8,10,12-13,17-18H,2-3,6-7,9H2,1H3. The van der Waals surface area contributed by atoms with Gasteiger partial charge < -0.3 is 5.32 Å². The third kappa shape index (κ3) is 3.77. The lowest BCUT2D eigenvalue weighted by atomic mass is 9.83. The summed E-state index contributed by atoms with van der Waals surface area (Å²) in [6.45, 7) is 2.75. The fourth-order valence-electron chi connectivity index (χ4n) is 2.68. The Hall–Kier alpha value is -0.620. The first-order chi connectivity index (χ1) is 9.94. The quantitative estimate of drug-likeness (QED) is 0.844. The molecule has 2 N–H and O–H groups in total. The molecule has 1 aromatic rings. The second kappa shape index (κ2) is 5.88. The molecule has 0 bridgehead atoms. The van der Waals surface area contributed by atoms with Crippen LogP contribution in [0.15, 0.2) is 23.1 Å². The first-order valence-electron chi connectivity index (χ1n) is 7.48. The van der Waals surface area contributed by atoms with E-state index in [-0.39, 0.29) is 6.04 Å². The summed E-state index contributed by atoms with van der Waals surface area (Å²) >= 11 is 6.16. The van der Waals surface area contributed by atoms with E-state index in [0.29, 0.717) is 28.4 Å². The highest BCUT2D eigenvalue weighted by Gasteiger charge is 2.30. The zero-order valence-corrected chi connectivity index (χ0v) is 13.7. The molecule has 2 aliphatic carbocycles. The molecule has 0 amide bonds. The van der Waals surface area contributed by atoms with Crippen molar-refractivity contribution in [2.45, 2.75) is 56.1 Å². The molecular formula is C15H21ClN2O2S. The second-order valence-corrected chi connectivity index (χ2v) is 8.42. The monoisotopic (exact) mass is 328 g/mol. The average Bonchev–Trinajstić information content (AvgIpc) is 3.19. The van der Waals surface area contributed by atoms with Gasteiger partial charge in [-0.1, -0.05) is 18.5 Å². The molecule has 116 valence electrons. The number of benzene rings is 1. The molecule has 3 rings (SSSR count). The Bertz CT molecular complexity index is 623. The van der Waals surface area contributed by atoms with Gasteiger partial charge in [-0.3, -0.25) is 0 Å². The smallest absolute Gasteiger partial charge is 0.240 e. The molecule has 0 saturated heterocycles. The fraction of sp³-hybridized carbons (Fsp3) is 0.600. The maximum Gasteiger partial charge on any atom is 0.240 e. The molecule has 0 spiro atoms. The number of sulfonamides is 1. The molecule has 1 aromatic carbocycles. The van der Waals surface area contributed by atoms with Crippen LogP contribution in [0.3, 0.4) is 0 Å². The lowest BCUT2D eigenvalue weighted by Crippen LogP contribution is -2.43. The SMILES string of the molecule is CC1CC(NS(=O)(=O)c2ccc(Cl)c(CNC3CC3)c2)C1. The summed E-state index contributed by atoms with van der Waals surface area (Å²) in [5.74, 6) is 0.612. The lowest BCUT2D eigenvalue weighted by Gasteiger charge is -2.32. The van der Waals surface area contributed by atoms with Crippen molar-refractivity contribution >= 4 is 21.6 Å². The summed E-state index contributed by atoms with van der Waals surface area (Å²) in [7, 11) is -3.44. The normalized spacial score (nSPS) is 25.6. The Morgan fingerprint density at radius 3 is 2.57 bits per heavy atom. The van der Waals surface area contributed by atoms with Crippen LogP contribution in [0, 0.1) is 5.92 Å². The Morgan fingerprint density at radius 1 is 1.24 bits per heavy atom. The van der Waals surface area contributed by atoms with Gasteiger partial charge in [-0.25, -0.2) is 13.1 Å². The van der Waals surface area contributed by atoms with E-state index in [1.807, 2.05) is 0 Å². The molecule has 0 unspecified atom stereocenters. The van der Waals surface area contributed by atoms with E-state index >= 15 is 0 Å². The zero-order chi connectivity index (χ0) is 15.0. The molecule has 6 heteroatoms.